The number of nitrogens with one attached hydrogen (secondary N) is 2. The third-order valence-electron chi connectivity index (χ3n) is 5.50. The summed E-state index contributed by atoms with van der Waals surface area (Å²) in [6, 6.07) is 11.7. The monoisotopic (exact) mass is 499 g/mol. The number of carbonyl (C=O) groups is 2. The first-order valence-corrected chi connectivity index (χ1v) is 11.5. The van der Waals surface area contributed by atoms with Gasteiger partial charge in [0.05, 0.1) is 18.5 Å². The molecule has 1 atom stereocenters. The lowest BCUT2D eigenvalue weighted by Crippen LogP contribution is -2.32. The van der Waals surface area contributed by atoms with Crippen molar-refractivity contribution in [1.82, 2.24) is 14.5 Å². The molecule has 8 nitrogen and oxygen atoms in total. The van der Waals surface area contributed by atoms with Gasteiger partial charge in [0.2, 0.25) is 0 Å². The predicted molar refractivity (Wildman–Crippen MR) is 128 cm³/mol. The van der Waals surface area contributed by atoms with Crippen molar-refractivity contribution in [2.24, 2.45) is 0 Å². The van der Waals surface area contributed by atoms with Gasteiger partial charge in [0.1, 0.15) is 11.5 Å². The van der Waals surface area contributed by atoms with E-state index in [1.54, 1.807) is 18.0 Å². The van der Waals surface area contributed by atoms with E-state index in [1.807, 2.05) is 47.9 Å². The van der Waals surface area contributed by atoms with E-state index in [4.69, 9.17) is 4.74 Å². The van der Waals surface area contributed by atoms with Gasteiger partial charge in [-0.25, -0.2) is 9.78 Å². The number of pyridine rings is 1. The quantitative estimate of drug-likeness (QED) is 0.512. The highest BCUT2D eigenvalue weighted by Gasteiger charge is 2.27. The molecule has 32 heavy (non-hydrogen) atoms. The summed E-state index contributed by atoms with van der Waals surface area (Å²) in [4.78, 5) is 30.9. The van der Waals surface area contributed by atoms with Crippen molar-refractivity contribution in [1.29, 1.82) is 0 Å². The van der Waals surface area contributed by atoms with E-state index in [0.29, 0.717) is 43.4 Å². The Bertz CT molecular complexity index is 1130. The Morgan fingerprint density at radius 2 is 2.06 bits per heavy atom. The maximum atomic E-state index is 12.9. The van der Waals surface area contributed by atoms with Crippen LogP contribution in [0.5, 0.6) is 0 Å². The number of aryl methyl sites for hydroxylation is 1. The smallest absolute Gasteiger partial charge is 0.409 e. The van der Waals surface area contributed by atoms with Crippen LogP contribution in [0, 0.1) is 0 Å². The summed E-state index contributed by atoms with van der Waals surface area (Å²) < 4.78 is 8.03. The molecule has 2 amide bonds. The van der Waals surface area contributed by atoms with Crippen LogP contribution in [0.3, 0.4) is 0 Å². The van der Waals surface area contributed by atoms with Gasteiger partial charge in [-0.15, -0.1) is 0 Å². The van der Waals surface area contributed by atoms with Crippen LogP contribution in [0.1, 0.15) is 30.8 Å². The summed E-state index contributed by atoms with van der Waals surface area (Å²) >= 11 is 3.48. The Labute approximate surface area is 195 Å². The van der Waals surface area contributed by atoms with Gasteiger partial charge in [-0.3, -0.25) is 4.79 Å². The van der Waals surface area contributed by atoms with Gasteiger partial charge >= 0.3 is 6.09 Å². The molecule has 0 aliphatic carbocycles. The topological polar surface area (TPSA) is 88.5 Å². The van der Waals surface area contributed by atoms with E-state index in [9.17, 15) is 9.59 Å². The van der Waals surface area contributed by atoms with Crippen LogP contribution in [0.2, 0.25) is 0 Å². The van der Waals surface area contributed by atoms with Gasteiger partial charge in [-0.2, -0.15) is 0 Å². The molecule has 2 N–H and O–H groups in total. The van der Waals surface area contributed by atoms with Crippen molar-refractivity contribution in [3.05, 3.63) is 52.8 Å². The lowest BCUT2D eigenvalue weighted by Gasteiger charge is -2.16. The van der Waals surface area contributed by atoms with E-state index in [1.165, 1.54) is 0 Å². The Kier molecular flexibility index (Phi) is 6.64. The Hall–Kier alpha value is -3.07. The predicted octanol–water partition coefficient (Wildman–Crippen LogP) is 4.71. The number of ether oxygens (including phenoxy) is 1. The van der Waals surface area contributed by atoms with Crippen molar-refractivity contribution in [2.45, 2.75) is 32.9 Å². The highest BCUT2D eigenvalue weighted by atomic mass is 79.9. The molecule has 168 valence electrons. The number of halogens is 1. The number of carbonyl (C=O) groups excluding carboxylic acids is 2. The molecule has 1 aromatic carbocycles. The first kappa shape index (κ1) is 22.1. The highest BCUT2D eigenvalue weighted by molar-refractivity contribution is 9.10. The minimum Gasteiger partial charge on any atom is -0.450 e. The Morgan fingerprint density at radius 3 is 2.78 bits per heavy atom. The SMILES string of the molecule is CCOC(=O)N1CCC(Nc2ccc(NC(=O)c3cc4cc(Br)ccc4n3CC)cn2)C1. The first-order valence-electron chi connectivity index (χ1n) is 10.7. The number of likely N-dealkylation sites (tertiary alicyclic amines) is 1. The zero-order chi connectivity index (χ0) is 22.7. The minimum atomic E-state index is -0.278. The molecule has 3 aromatic rings. The van der Waals surface area contributed by atoms with Crippen LogP contribution < -0.4 is 10.6 Å². The fourth-order valence-electron chi connectivity index (χ4n) is 3.99. The van der Waals surface area contributed by atoms with Crippen LogP contribution >= 0.6 is 15.9 Å². The molecule has 1 aliphatic rings. The Morgan fingerprint density at radius 1 is 1.22 bits per heavy atom. The summed E-state index contributed by atoms with van der Waals surface area (Å²) in [6.07, 6.45) is 2.18. The van der Waals surface area contributed by atoms with Gasteiger partial charge in [0.25, 0.3) is 5.91 Å². The number of amides is 2. The van der Waals surface area contributed by atoms with Crippen LogP contribution in [0.15, 0.2) is 47.1 Å². The van der Waals surface area contributed by atoms with E-state index < -0.39 is 0 Å². The van der Waals surface area contributed by atoms with Gasteiger partial charge < -0.3 is 24.8 Å². The second kappa shape index (κ2) is 9.60. The molecular weight excluding hydrogens is 474 g/mol. The summed E-state index contributed by atoms with van der Waals surface area (Å²) in [5.74, 6) is 0.522. The second-order valence-corrected chi connectivity index (χ2v) is 8.55. The molecule has 2 aromatic heterocycles. The zero-order valence-corrected chi connectivity index (χ0v) is 19.7. The second-order valence-electron chi connectivity index (χ2n) is 7.64. The molecular formula is C23H26BrN5O3. The number of hydrogen-bond donors (Lipinski definition) is 2. The first-order chi connectivity index (χ1) is 15.5. The number of nitrogens with zero attached hydrogens (tertiary/aromatic N) is 3. The average molecular weight is 500 g/mol. The lowest BCUT2D eigenvalue weighted by atomic mass is 10.2. The van der Waals surface area contributed by atoms with Gasteiger partial charge in [-0.05, 0) is 56.7 Å². The zero-order valence-electron chi connectivity index (χ0n) is 18.1. The third-order valence-corrected chi connectivity index (χ3v) is 5.99. The van der Waals surface area contributed by atoms with E-state index in [2.05, 4.69) is 31.5 Å². The van der Waals surface area contributed by atoms with Gasteiger partial charge in [0, 0.05) is 41.1 Å². The Balaban J connectivity index is 1.39. The molecule has 1 fully saturated rings. The standard InChI is InChI=1S/C23H26BrN5O3/c1-3-29-19-7-5-16(24)11-15(19)12-20(29)22(30)27-17-6-8-21(25-13-17)26-18-9-10-28(14-18)23(31)32-4-2/h5-8,11-13,18H,3-4,9-10,14H2,1-2H3,(H,25,26)(H,27,30). The van der Waals surface area contributed by atoms with Gasteiger partial charge in [-0.1, -0.05) is 15.9 Å². The fourth-order valence-corrected chi connectivity index (χ4v) is 4.37. The molecule has 9 heteroatoms. The van der Waals surface area contributed by atoms with Crippen molar-refractivity contribution >= 4 is 50.3 Å². The molecule has 0 radical (unpaired) electrons. The summed E-state index contributed by atoms with van der Waals surface area (Å²) in [6.45, 7) is 6.13. The van der Waals surface area contributed by atoms with Crippen LogP contribution in [-0.4, -0.2) is 52.2 Å². The number of anilines is 2. The molecule has 0 spiro atoms. The van der Waals surface area contributed by atoms with Crippen LogP contribution in [-0.2, 0) is 11.3 Å². The van der Waals surface area contributed by atoms with E-state index in [0.717, 1.165) is 21.8 Å². The summed E-state index contributed by atoms with van der Waals surface area (Å²) in [5.41, 5.74) is 2.24. The number of hydrogen-bond acceptors (Lipinski definition) is 5. The highest BCUT2D eigenvalue weighted by Crippen LogP contribution is 2.25. The molecule has 1 aliphatic heterocycles. The molecule has 1 saturated heterocycles. The van der Waals surface area contributed by atoms with Crippen molar-refractivity contribution in [3.63, 3.8) is 0 Å². The summed E-state index contributed by atoms with van der Waals surface area (Å²) in [5, 5.41) is 7.29. The third kappa shape index (κ3) is 4.72. The molecule has 4 rings (SSSR count). The molecule has 0 saturated carbocycles. The van der Waals surface area contributed by atoms with Crippen molar-refractivity contribution in [2.75, 3.05) is 30.3 Å². The van der Waals surface area contributed by atoms with Crippen LogP contribution in [0.4, 0.5) is 16.3 Å². The minimum absolute atomic E-state index is 0.118. The molecule has 3 heterocycles. The van der Waals surface area contributed by atoms with Crippen molar-refractivity contribution < 1.29 is 14.3 Å². The van der Waals surface area contributed by atoms with E-state index in [-0.39, 0.29) is 18.0 Å². The summed E-state index contributed by atoms with van der Waals surface area (Å²) in [7, 11) is 0. The van der Waals surface area contributed by atoms with Crippen LogP contribution in [0.25, 0.3) is 10.9 Å². The van der Waals surface area contributed by atoms with Gasteiger partial charge in [0.15, 0.2) is 0 Å². The number of fused-ring (bicyclic) bond motifs is 1. The molecule has 0 bridgehead atoms. The van der Waals surface area contributed by atoms with E-state index >= 15 is 0 Å². The van der Waals surface area contributed by atoms with Crippen molar-refractivity contribution in [3.8, 4) is 0 Å². The largest absolute Gasteiger partial charge is 0.450 e. The molecule has 1 unspecified atom stereocenters. The number of aromatic nitrogens is 2. The number of rotatable bonds is 6. The fraction of sp³-hybridized carbons (Fsp3) is 0.348. The normalized spacial score (nSPS) is 15.7. The number of benzene rings is 1. The average Bonchev–Trinajstić information content (AvgIpc) is 3.39. The maximum Gasteiger partial charge on any atom is 0.409 e. The maximum absolute atomic E-state index is 12.9. The lowest BCUT2D eigenvalue weighted by molar-refractivity contribution is 0.101.